The Labute approximate surface area is 100 Å². The van der Waals surface area contributed by atoms with Crippen molar-refractivity contribution in [1.29, 1.82) is 0 Å². The Morgan fingerprint density at radius 2 is 2.00 bits per heavy atom. The zero-order valence-corrected chi connectivity index (χ0v) is 10.6. The van der Waals surface area contributed by atoms with Crippen LogP contribution in [-0.4, -0.2) is 6.04 Å². The van der Waals surface area contributed by atoms with Crippen LogP contribution in [0.5, 0.6) is 0 Å². The first kappa shape index (κ1) is 11.2. The molecule has 1 aliphatic rings. The zero-order chi connectivity index (χ0) is 10.5. The highest BCUT2D eigenvalue weighted by Crippen LogP contribution is 2.18. The smallest absolute Gasteiger partial charge is 0.0208 e. The fourth-order valence-corrected chi connectivity index (χ4v) is 2.66. The molecule has 1 aromatic rings. The largest absolute Gasteiger partial charge is 0.310 e. The SMILES string of the molecule is Brc1cccc(CNC2CCCCC2)c1. The molecule has 82 valence electrons. The van der Waals surface area contributed by atoms with Gasteiger partial charge < -0.3 is 5.32 Å². The van der Waals surface area contributed by atoms with Gasteiger partial charge in [-0.1, -0.05) is 47.3 Å². The summed E-state index contributed by atoms with van der Waals surface area (Å²) >= 11 is 3.50. The molecular weight excluding hydrogens is 250 g/mol. The molecule has 0 atom stereocenters. The fraction of sp³-hybridized carbons (Fsp3) is 0.538. The predicted octanol–water partition coefficient (Wildman–Crippen LogP) is 3.87. The van der Waals surface area contributed by atoms with Gasteiger partial charge in [-0.25, -0.2) is 0 Å². The van der Waals surface area contributed by atoms with Gasteiger partial charge in [-0.15, -0.1) is 0 Å². The average molecular weight is 268 g/mol. The van der Waals surface area contributed by atoms with Crippen LogP contribution in [0.2, 0.25) is 0 Å². The van der Waals surface area contributed by atoms with Crippen LogP contribution in [0.25, 0.3) is 0 Å². The minimum absolute atomic E-state index is 0.748. The van der Waals surface area contributed by atoms with E-state index in [-0.39, 0.29) is 0 Å². The number of hydrogen-bond acceptors (Lipinski definition) is 1. The summed E-state index contributed by atoms with van der Waals surface area (Å²) < 4.78 is 1.17. The van der Waals surface area contributed by atoms with Gasteiger partial charge in [0, 0.05) is 17.1 Å². The number of hydrogen-bond donors (Lipinski definition) is 1. The van der Waals surface area contributed by atoms with E-state index >= 15 is 0 Å². The molecule has 1 aromatic carbocycles. The van der Waals surface area contributed by atoms with Crippen LogP contribution in [0.3, 0.4) is 0 Å². The lowest BCUT2D eigenvalue weighted by Gasteiger charge is -2.22. The molecule has 0 heterocycles. The Kier molecular flexibility index (Phi) is 4.21. The number of rotatable bonds is 3. The van der Waals surface area contributed by atoms with Gasteiger partial charge in [0.1, 0.15) is 0 Å². The molecule has 15 heavy (non-hydrogen) atoms. The summed E-state index contributed by atoms with van der Waals surface area (Å²) in [7, 11) is 0. The monoisotopic (exact) mass is 267 g/mol. The maximum atomic E-state index is 3.64. The predicted molar refractivity (Wildman–Crippen MR) is 67.9 cm³/mol. The van der Waals surface area contributed by atoms with Crippen molar-refractivity contribution in [2.24, 2.45) is 0 Å². The van der Waals surface area contributed by atoms with Crippen molar-refractivity contribution in [3.8, 4) is 0 Å². The Balaban J connectivity index is 1.81. The Morgan fingerprint density at radius 1 is 1.20 bits per heavy atom. The van der Waals surface area contributed by atoms with Crippen molar-refractivity contribution in [3.63, 3.8) is 0 Å². The third kappa shape index (κ3) is 3.62. The average Bonchev–Trinajstić information content (AvgIpc) is 2.28. The molecule has 2 heteroatoms. The summed E-state index contributed by atoms with van der Waals surface area (Å²) in [6, 6.07) is 9.29. The van der Waals surface area contributed by atoms with Crippen molar-refractivity contribution < 1.29 is 0 Å². The van der Waals surface area contributed by atoms with E-state index in [1.165, 1.54) is 42.1 Å². The highest BCUT2D eigenvalue weighted by Gasteiger charge is 2.11. The van der Waals surface area contributed by atoms with E-state index in [1.54, 1.807) is 0 Å². The molecule has 1 aliphatic carbocycles. The number of benzene rings is 1. The van der Waals surface area contributed by atoms with Gasteiger partial charge in [0.15, 0.2) is 0 Å². The van der Waals surface area contributed by atoms with Crippen molar-refractivity contribution in [2.75, 3.05) is 0 Å². The molecule has 1 fully saturated rings. The molecular formula is C13H18BrN. The topological polar surface area (TPSA) is 12.0 Å². The van der Waals surface area contributed by atoms with Crippen LogP contribution < -0.4 is 5.32 Å². The van der Waals surface area contributed by atoms with Gasteiger partial charge in [-0.3, -0.25) is 0 Å². The summed E-state index contributed by atoms with van der Waals surface area (Å²) in [5, 5.41) is 3.64. The zero-order valence-electron chi connectivity index (χ0n) is 9.01. The maximum absolute atomic E-state index is 3.64. The molecule has 0 aromatic heterocycles. The van der Waals surface area contributed by atoms with Crippen molar-refractivity contribution >= 4 is 15.9 Å². The van der Waals surface area contributed by atoms with Crippen LogP contribution in [-0.2, 0) is 6.54 Å². The second-order valence-electron chi connectivity index (χ2n) is 4.35. The molecule has 0 amide bonds. The van der Waals surface area contributed by atoms with E-state index in [0.29, 0.717) is 0 Å². The van der Waals surface area contributed by atoms with Crippen molar-refractivity contribution in [1.82, 2.24) is 5.32 Å². The van der Waals surface area contributed by atoms with Gasteiger partial charge in [-0.2, -0.15) is 0 Å². The summed E-state index contributed by atoms with van der Waals surface area (Å²) in [4.78, 5) is 0. The van der Waals surface area contributed by atoms with Crippen LogP contribution in [0, 0.1) is 0 Å². The quantitative estimate of drug-likeness (QED) is 0.877. The Morgan fingerprint density at radius 3 is 2.73 bits per heavy atom. The first-order valence-electron chi connectivity index (χ1n) is 5.82. The van der Waals surface area contributed by atoms with Gasteiger partial charge >= 0.3 is 0 Å². The highest BCUT2D eigenvalue weighted by atomic mass is 79.9. The van der Waals surface area contributed by atoms with E-state index in [0.717, 1.165) is 12.6 Å². The van der Waals surface area contributed by atoms with Gasteiger partial charge in [-0.05, 0) is 30.5 Å². The third-order valence-electron chi connectivity index (χ3n) is 3.09. The lowest BCUT2D eigenvalue weighted by atomic mass is 9.95. The highest BCUT2D eigenvalue weighted by molar-refractivity contribution is 9.10. The van der Waals surface area contributed by atoms with E-state index in [1.807, 2.05) is 0 Å². The van der Waals surface area contributed by atoms with Crippen LogP contribution in [0.15, 0.2) is 28.7 Å². The third-order valence-corrected chi connectivity index (χ3v) is 3.58. The molecule has 0 saturated heterocycles. The minimum atomic E-state index is 0.748. The lowest BCUT2D eigenvalue weighted by molar-refractivity contribution is 0.372. The van der Waals surface area contributed by atoms with Crippen LogP contribution in [0.1, 0.15) is 37.7 Å². The van der Waals surface area contributed by atoms with E-state index in [9.17, 15) is 0 Å². The first-order valence-corrected chi connectivity index (χ1v) is 6.62. The second kappa shape index (κ2) is 5.66. The molecule has 2 rings (SSSR count). The summed E-state index contributed by atoms with van der Waals surface area (Å²) in [5.74, 6) is 0. The van der Waals surface area contributed by atoms with Gasteiger partial charge in [0.25, 0.3) is 0 Å². The minimum Gasteiger partial charge on any atom is -0.310 e. The van der Waals surface area contributed by atoms with Gasteiger partial charge in [0.05, 0.1) is 0 Å². The number of nitrogens with one attached hydrogen (secondary N) is 1. The molecule has 0 unspecified atom stereocenters. The summed E-state index contributed by atoms with van der Waals surface area (Å²) in [5.41, 5.74) is 1.37. The number of halogens is 1. The summed E-state index contributed by atoms with van der Waals surface area (Å²) in [6.07, 6.45) is 6.93. The van der Waals surface area contributed by atoms with Crippen molar-refractivity contribution in [2.45, 2.75) is 44.7 Å². The molecule has 0 spiro atoms. The molecule has 1 N–H and O–H groups in total. The van der Waals surface area contributed by atoms with E-state index in [2.05, 4.69) is 45.5 Å². The second-order valence-corrected chi connectivity index (χ2v) is 5.26. The van der Waals surface area contributed by atoms with Gasteiger partial charge in [0.2, 0.25) is 0 Å². The molecule has 0 radical (unpaired) electrons. The first-order chi connectivity index (χ1) is 7.34. The Hall–Kier alpha value is -0.340. The molecule has 1 saturated carbocycles. The molecule has 0 bridgehead atoms. The van der Waals surface area contributed by atoms with E-state index < -0.39 is 0 Å². The molecule has 1 nitrogen and oxygen atoms in total. The molecule has 0 aliphatic heterocycles. The van der Waals surface area contributed by atoms with Crippen LogP contribution in [0.4, 0.5) is 0 Å². The maximum Gasteiger partial charge on any atom is 0.0208 e. The Bertz CT molecular complexity index is 305. The fourth-order valence-electron chi connectivity index (χ4n) is 2.22. The standard InChI is InChI=1S/C13H18BrN/c14-12-6-4-5-11(9-12)10-15-13-7-2-1-3-8-13/h4-6,9,13,15H,1-3,7-8,10H2. The van der Waals surface area contributed by atoms with E-state index in [4.69, 9.17) is 0 Å². The van der Waals surface area contributed by atoms with Crippen LogP contribution >= 0.6 is 15.9 Å². The summed E-state index contributed by atoms with van der Waals surface area (Å²) in [6.45, 7) is 1.00. The lowest BCUT2D eigenvalue weighted by Crippen LogP contribution is -2.30. The normalized spacial score (nSPS) is 17.9. The van der Waals surface area contributed by atoms with Crippen molar-refractivity contribution in [3.05, 3.63) is 34.3 Å².